The van der Waals surface area contributed by atoms with Crippen LogP contribution in [0, 0.1) is 17.8 Å². The normalized spacial score (nSPS) is 23.9. The van der Waals surface area contributed by atoms with E-state index in [-0.39, 0.29) is 22.7 Å². The van der Waals surface area contributed by atoms with Crippen LogP contribution in [0.25, 0.3) is 0 Å². The Bertz CT molecular complexity index is 990. The summed E-state index contributed by atoms with van der Waals surface area (Å²) in [5.74, 6) is 2.08. The summed E-state index contributed by atoms with van der Waals surface area (Å²) in [7, 11) is -2.40. The molecule has 30 heavy (non-hydrogen) atoms. The third-order valence-electron chi connectivity index (χ3n) is 6.50. The molecule has 2 bridgehead atoms. The Kier molecular flexibility index (Phi) is 6.06. The molecule has 1 aromatic carbocycles. The fourth-order valence-corrected chi connectivity index (χ4v) is 7.63. The molecule has 2 aliphatic carbocycles. The van der Waals surface area contributed by atoms with Gasteiger partial charge in [0.15, 0.2) is 0 Å². The molecule has 1 heterocycles. The van der Waals surface area contributed by atoms with Crippen LogP contribution in [0.3, 0.4) is 0 Å². The summed E-state index contributed by atoms with van der Waals surface area (Å²) in [6.45, 7) is 1.76. The van der Waals surface area contributed by atoms with E-state index in [0.717, 1.165) is 28.0 Å². The molecule has 2 aromatic rings. The number of amides is 1. The number of rotatable bonds is 8. The van der Waals surface area contributed by atoms with Crippen molar-refractivity contribution in [3.05, 3.63) is 41.8 Å². The number of ether oxygens (including phenoxy) is 1. The summed E-state index contributed by atoms with van der Waals surface area (Å²) >= 11 is 1.13. The standard InChI is InChI=1S/C22H28N2O4S2/c1-15(18-13-16-9-10-17(18)12-16)23-21(25)14-24(19-6-3-4-7-20(19)28-2)30(26,27)22-8-5-11-29-22/h3-8,11,15-18H,9-10,12-14H2,1-2H3,(H,23,25)/t15-,16-,17-,18+/m0/s1. The number of fused-ring (bicyclic) bond motifs is 2. The van der Waals surface area contributed by atoms with E-state index in [9.17, 15) is 13.2 Å². The number of thiophene rings is 1. The first-order valence-electron chi connectivity index (χ1n) is 10.4. The zero-order valence-corrected chi connectivity index (χ0v) is 18.9. The maximum Gasteiger partial charge on any atom is 0.274 e. The molecule has 4 rings (SSSR count). The first-order chi connectivity index (χ1) is 14.4. The van der Waals surface area contributed by atoms with Gasteiger partial charge in [-0.3, -0.25) is 9.10 Å². The van der Waals surface area contributed by atoms with Crippen LogP contribution in [-0.2, 0) is 14.8 Å². The highest BCUT2D eigenvalue weighted by atomic mass is 32.2. The van der Waals surface area contributed by atoms with E-state index >= 15 is 0 Å². The number of nitrogens with zero attached hydrogens (tertiary/aromatic N) is 1. The number of sulfonamides is 1. The Morgan fingerprint density at radius 3 is 2.67 bits per heavy atom. The van der Waals surface area contributed by atoms with Gasteiger partial charge in [-0.05, 0) is 67.5 Å². The van der Waals surface area contributed by atoms with Gasteiger partial charge >= 0.3 is 0 Å². The van der Waals surface area contributed by atoms with Crippen LogP contribution >= 0.6 is 11.3 Å². The van der Waals surface area contributed by atoms with Crippen LogP contribution in [0.1, 0.15) is 32.6 Å². The number of anilines is 1. The van der Waals surface area contributed by atoms with Crippen molar-refractivity contribution in [2.75, 3.05) is 18.0 Å². The third-order valence-corrected chi connectivity index (χ3v) is 9.64. The first-order valence-corrected chi connectivity index (χ1v) is 12.7. The monoisotopic (exact) mass is 448 g/mol. The minimum Gasteiger partial charge on any atom is -0.495 e. The predicted octanol–water partition coefficient (Wildman–Crippen LogP) is 3.89. The summed E-state index contributed by atoms with van der Waals surface area (Å²) in [5.41, 5.74) is 0.358. The molecule has 1 amide bonds. The molecule has 2 fully saturated rings. The molecular weight excluding hydrogens is 420 g/mol. The van der Waals surface area contributed by atoms with Crippen LogP contribution in [0.4, 0.5) is 5.69 Å². The summed E-state index contributed by atoms with van der Waals surface area (Å²) in [4.78, 5) is 13.0. The van der Waals surface area contributed by atoms with Gasteiger partial charge in [0, 0.05) is 6.04 Å². The van der Waals surface area contributed by atoms with Crippen LogP contribution in [0.5, 0.6) is 5.75 Å². The quantitative estimate of drug-likeness (QED) is 0.665. The SMILES string of the molecule is COc1ccccc1N(CC(=O)N[C@@H](C)[C@H]1C[C@H]2CC[C@H]1C2)S(=O)(=O)c1cccs1. The Morgan fingerprint density at radius 1 is 1.23 bits per heavy atom. The molecule has 4 atom stereocenters. The molecule has 0 aliphatic heterocycles. The third kappa shape index (κ3) is 4.07. The number of hydrogen-bond acceptors (Lipinski definition) is 5. The molecule has 0 radical (unpaired) electrons. The lowest BCUT2D eigenvalue weighted by atomic mass is 9.84. The fourth-order valence-electron chi connectivity index (χ4n) is 5.10. The Labute approximate surface area is 182 Å². The van der Waals surface area contributed by atoms with Gasteiger partial charge in [0.2, 0.25) is 5.91 Å². The van der Waals surface area contributed by atoms with E-state index < -0.39 is 10.0 Å². The second-order valence-electron chi connectivity index (χ2n) is 8.31. The van der Waals surface area contributed by atoms with Gasteiger partial charge in [-0.15, -0.1) is 11.3 Å². The highest BCUT2D eigenvalue weighted by Gasteiger charge is 2.42. The summed E-state index contributed by atoms with van der Waals surface area (Å²) in [6.07, 6.45) is 4.99. The fraction of sp³-hybridized carbons (Fsp3) is 0.500. The van der Waals surface area contributed by atoms with Gasteiger partial charge in [-0.1, -0.05) is 24.6 Å². The number of carbonyl (C=O) groups is 1. The number of carbonyl (C=O) groups excluding carboxylic acids is 1. The van der Waals surface area contributed by atoms with Crippen LogP contribution in [0.2, 0.25) is 0 Å². The lowest BCUT2D eigenvalue weighted by Gasteiger charge is -2.30. The van der Waals surface area contributed by atoms with Crippen LogP contribution in [0.15, 0.2) is 46.0 Å². The zero-order chi connectivity index (χ0) is 21.3. The molecule has 0 spiro atoms. The highest BCUT2D eigenvalue weighted by molar-refractivity contribution is 7.94. The zero-order valence-electron chi connectivity index (χ0n) is 17.3. The van der Waals surface area contributed by atoms with Crippen molar-refractivity contribution in [2.24, 2.45) is 17.8 Å². The van der Waals surface area contributed by atoms with Crippen molar-refractivity contribution in [1.29, 1.82) is 0 Å². The smallest absolute Gasteiger partial charge is 0.274 e. The Balaban J connectivity index is 1.56. The molecule has 8 heteroatoms. The summed E-state index contributed by atoms with van der Waals surface area (Å²) < 4.78 is 33.4. The van der Waals surface area contributed by atoms with Gasteiger partial charge in [0.05, 0.1) is 12.8 Å². The predicted molar refractivity (Wildman–Crippen MR) is 118 cm³/mol. The van der Waals surface area contributed by atoms with Gasteiger partial charge in [0.25, 0.3) is 10.0 Å². The van der Waals surface area contributed by atoms with Gasteiger partial charge in [-0.2, -0.15) is 0 Å². The number of para-hydroxylation sites is 2. The number of methoxy groups -OCH3 is 1. The average Bonchev–Trinajstić information content (AvgIpc) is 3.50. The van der Waals surface area contributed by atoms with Crippen molar-refractivity contribution in [3.8, 4) is 5.75 Å². The van der Waals surface area contributed by atoms with E-state index in [1.54, 1.807) is 41.8 Å². The minimum atomic E-state index is -3.89. The van der Waals surface area contributed by atoms with E-state index in [0.29, 0.717) is 23.3 Å². The molecule has 6 nitrogen and oxygen atoms in total. The molecule has 0 unspecified atom stereocenters. The lowest BCUT2D eigenvalue weighted by molar-refractivity contribution is -0.120. The molecule has 1 N–H and O–H groups in total. The maximum absolute atomic E-state index is 13.3. The minimum absolute atomic E-state index is 0.0387. The average molecular weight is 449 g/mol. The lowest BCUT2D eigenvalue weighted by Crippen LogP contribution is -2.46. The van der Waals surface area contributed by atoms with Crippen molar-refractivity contribution in [2.45, 2.75) is 42.9 Å². The van der Waals surface area contributed by atoms with E-state index in [1.165, 1.54) is 26.4 Å². The summed E-state index contributed by atoms with van der Waals surface area (Å²) in [5, 5.41) is 4.79. The number of hydrogen-bond donors (Lipinski definition) is 1. The topological polar surface area (TPSA) is 75.7 Å². The van der Waals surface area contributed by atoms with E-state index in [2.05, 4.69) is 5.32 Å². The Hall–Kier alpha value is -2.06. The van der Waals surface area contributed by atoms with E-state index in [4.69, 9.17) is 4.74 Å². The second kappa shape index (κ2) is 8.59. The van der Waals surface area contributed by atoms with Crippen LogP contribution < -0.4 is 14.4 Å². The number of nitrogens with one attached hydrogen (secondary N) is 1. The highest BCUT2D eigenvalue weighted by Crippen LogP contribution is 2.49. The summed E-state index contributed by atoms with van der Waals surface area (Å²) in [6, 6.07) is 10.2. The number of benzene rings is 1. The van der Waals surface area contributed by atoms with Crippen molar-refractivity contribution in [1.82, 2.24) is 5.32 Å². The Morgan fingerprint density at radius 2 is 2.03 bits per heavy atom. The van der Waals surface area contributed by atoms with Gasteiger partial charge in [0.1, 0.15) is 16.5 Å². The second-order valence-corrected chi connectivity index (χ2v) is 11.3. The largest absolute Gasteiger partial charge is 0.495 e. The van der Waals surface area contributed by atoms with Gasteiger partial charge < -0.3 is 10.1 Å². The molecular formula is C22H28N2O4S2. The van der Waals surface area contributed by atoms with E-state index in [1.807, 2.05) is 6.92 Å². The first kappa shape index (κ1) is 21.2. The molecule has 1 aromatic heterocycles. The molecule has 2 saturated carbocycles. The molecule has 162 valence electrons. The molecule has 2 aliphatic rings. The van der Waals surface area contributed by atoms with Crippen molar-refractivity contribution >= 4 is 33.0 Å². The van der Waals surface area contributed by atoms with Crippen molar-refractivity contribution < 1.29 is 17.9 Å². The van der Waals surface area contributed by atoms with Crippen LogP contribution in [-0.4, -0.2) is 34.0 Å². The maximum atomic E-state index is 13.3. The van der Waals surface area contributed by atoms with Crippen molar-refractivity contribution in [3.63, 3.8) is 0 Å². The van der Waals surface area contributed by atoms with Gasteiger partial charge in [-0.25, -0.2) is 8.42 Å². The molecule has 0 saturated heterocycles.